The number of nitrogens with two attached hydrogens (primary N) is 2. The lowest BCUT2D eigenvalue weighted by molar-refractivity contribution is -0.241. The van der Waals surface area contributed by atoms with Gasteiger partial charge in [0, 0.05) is 20.9 Å². The monoisotopic (exact) mass is 762 g/mol. The number of ether oxygens (including phenoxy) is 2. The van der Waals surface area contributed by atoms with Crippen molar-refractivity contribution >= 4 is 58.8 Å². The number of aromatic nitrogens is 8. The molecule has 21 nitrogen and oxygen atoms in total. The lowest BCUT2D eigenvalue weighted by atomic mass is 9.99. The number of rotatable bonds is 5. The van der Waals surface area contributed by atoms with Gasteiger partial charge in [-0.05, 0) is 0 Å². The lowest BCUT2D eigenvalue weighted by Crippen LogP contribution is -2.41. The average molecular weight is 762 g/mol. The van der Waals surface area contributed by atoms with Crippen LogP contribution in [-0.2, 0) is 18.6 Å². The summed E-state index contributed by atoms with van der Waals surface area (Å²) in [5.74, 6) is 4.25. The highest BCUT2D eigenvalue weighted by Gasteiger charge is 2.49. The molecule has 0 radical (unpaired) electrons. The van der Waals surface area contributed by atoms with Crippen LogP contribution in [0.2, 0.25) is 0 Å². The second kappa shape index (κ2) is 16.9. The number of hydrogen-bond acceptors (Lipinski definition) is 18. The number of imidazole rings is 2. The molecular weight excluding hydrogens is 733 g/mol. The maximum Gasteiger partial charge on any atom is 0.312 e. The Morgan fingerprint density at radius 2 is 1.66 bits per heavy atom. The van der Waals surface area contributed by atoms with Crippen molar-refractivity contribution in [2.24, 2.45) is 0 Å². The molecule has 6 rings (SSSR count). The smallest absolute Gasteiger partial charge is 0.312 e. The second-order valence-electron chi connectivity index (χ2n) is 9.89. The number of aliphatic hydroxyl groups is 4. The lowest BCUT2D eigenvalue weighted by Gasteiger charge is -2.24. The zero-order valence-electron chi connectivity index (χ0n) is 25.2. The van der Waals surface area contributed by atoms with Crippen LogP contribution in [0.15, 0.2) is 12.7 Å². The summed E-state index contributed by atoms with van der Waals surface area (Å²) in [5.41, 5.74) is 8.79. The Morgan fingerprint density at radius 3 is 2.20 bits per heavy atom. The molecule has 50 heavy (non-hydrogen) atoms. The quantitative estimate of drug-likeness (QED) is 0.0647. The summed E-state index contributed by atoms with van der Waals surface area (Å²) < 4.78 is 52.0. The van der Waals surface area contributed by atoms with Crippen molar-refractivity contribution in [3.05, 3.63) is 24.8 Å². The highest BCUT2D eigenvalue weighted by Crippen LogP contribution is 2.40. The number of H-pyrrole nitrogens is 1. The SMILES string of the molecule is C#C[C@]1(CO)O[C@@H](n2cnc3c(N)nc(F)nc32)C[C@@H]1O.C#C[C@]1(CO)O[C@H](OP(=O)([O-])O)C[C@@H]1O.N=PP.Nc1nc(F)nc2nc[nH]c12. The van der Waals surface area contributed by atoms with Crippen molar-refractivity contribution in [3.8, 4) is 24.7 Å². The third-order valence-corrected chi connectivity index (χ3v) is 7.33. The minimum absolute atomic E-state index is 0.0741. The van der Waals surface area contributed by atoms with Crippen molar-refractivity contribution in [3.63, 3.8) is 0 Å². The fourth-order valence-corrected chi connectivity index (χ4v) is 4.88. The zero-order valence-corrected chi connectivity index (χ0v) is 28.2. The van der Waals surface area contributed by atoms with Crippen LogP contribution in [-0.4, -0.2) is 108 Å². The van der Waals surface area contributed by atoms with Crippen molar-refractivity contribution in [2.75, 3.05) is 24.7 Å². The third-order valence-electron chi connectivity index (χ3n) is 6.83. The number of halogens is 2. The Kier molecular flexibility index (Phi) is 13.7. The minimum Gasteiger partial charge on any atom is -0.756 e. The highest BCUT2D eigenvalue weighted by molar-refractivity contribution is 7.96. The van der Waals surface area contributed by atoms with Gasteiger partial charge in [0.1, 0.15) is 24.0 Å². The van der Waals surface area contributed by atoms with E-state index in [4.69, 9.17) is 48.9 Å². The van der Waals surface area contributed by atoms with Gasteiger partial charge in [0.05, 0.1) is 25.9 Å². The largest absolute Gasteiger partial charge is 0.756 e. The van der Waals surface area contributed by atoms with E-state index >= 15 is 0 Å². The summed E-state index contributed by atoms with van der Waals surface area (Å²) in [6, 6.07) is 0. The summed E-state index contributed by atoms with van der Waals surface area (Å²) in [6.07, 6.45) is 6.61. The predicted molar refractivity (Wildman–Crippen MR) is 170 cm³/mol. The van der Waals surface area contributed by atoms with E-state index in [-0.39, 0.29) is 41.3 Å². The number of terminal acetylenes is 2. The predicted octanol–water partition coefficient (Wildman–Crippen LogP) is -1.31. The molecule has 6 heterocycles. The van der Waals surface area contributed by atoms with Gasteiger partial charge in [-0.15, -0.1) is 12.8 Å². The number of fused-ring (bicyclic) bond motifs is 2. The average Bonchev–Trinajstić information content (AvgIpc) is 3.82. The molecule has 2 unspecified atom stereocenters. The van der Waals surface area contributed by atoms with Crippen LogP contribution in [0.4, 0.5) is 20.4 Å². The maximum atomic E-state index is 13.3. The van der Waals surface area contributed by atoms with Gasteiger partial charge in [-0.3, -0.25) is 18.8 Å². The molecule has 4 aromatic rings. The van der Waals surface area contributed by atoms with Gasteiger partial charge in [0.25, 0.3) is 7.82 Å². The molecule has 4 aromatic heterocycles. The molecule has 0 aromatic carbocycles. The molecule has 0 aliphatic carbocycles. The Labute approximate surface area is 283 Å². The number of nitrogens with one attached hydrogen (secondary N) is 2. The molecule has 26 heteroatoms. The van der Waals surface area contributed by atoms with E-state index in [1.165, 1.54) is 17.2 Å². The van der Waals surface area contributed by atoms with E-state index in [1.54, 1.807) is 0 Å². The minimum atomic E-state index is -4.96. The van der Waals surface area contributed by atoms with E-state index in [0.29, 0.717) is 13.6 Å². The van der Waals surface area contributed by atoms with Crippen molar-refractivity contribution in [1.82, 2.24) is 39.5 Å². The number of hydrogen-bond donors (Lipinski definition) is 9. The summed E-state index contributed by atoms with van der Waals surface area (Å²) >= 11 is 0. The summed E-state index contributed by atoms with van der Waals surface area (Å²) in [5, 5.41) is 43.8. The first-order chi connectivity index (χ1) is 23.5. The number of aromatic amines is 1. The van der Waals surface area contributed by atoms with E-state index in [9.17, 15) is 33.6 Å². The molecule has 2 aliphatic rings. The van der Waals surface area contributed by atoms with Gasteiger partial charge < -0.3 is 56.1 Å². The standard InChI is InChI=1S/C12H12FN5O3.C7H11O7P.C5H4FN5.H3NP2/c1-2-12(4-19)6(20)3-7(21-12)18-5-15-8-9(14)16-11(13)17-10(8)18;1-2-7(4-8)5(9)3-6(13-7)14-15(10,11)12;6-5-10-3(7)2-4(11-5)9-1-8-2;1-3-2/h1,5-7,19-20H,3-4H2,(H2,14,16,17);1,5-6,8-9H,3-4H2,(H2,10,11,12);1H,(H3,7,8,9,10,11);1H,2H2/p-1/t6-,7+,12+;5-,6+,7+;;/m00../s1. The molecule has 0 spiro atoms. The summed E-state index contributed by atoms with van der Waals surface area (Å²) in [7, 11) is -2.15. The number of nitrogen functional groups attached to an aromatic ring is 2. The maximum absolute atomic E-state index is 13.3. The van der Waals surface area contributed by atoms with Gasteiger partial charge in [-0.1, -0.05) is 20.8 Å². The molecule has 8 atom stereocenters. The third kappa shape index (κ3) is 9.24. The van der Waals surface area contributed by atoms with Gasteiger partial charge in [0.15, 0.2) is 45.9 Å². The molecule has 0 saturated carbocycles. The zero-order chi connectivity index (χ0) is 37.4. The van der Waals surface area contributed by atoms with Gasteiger partial charge in [-0.2, -0.15) is 28.7 Å². The first-order valence-electron chi connectivity index (χ1n) is 13.5. The number of phosphoric acid groups is 1. The molecule has 270 valence electrons. The summed E-state index contributed by atoms with van der Waals surface area (Å²) in [4.78, 5) is 42.9. The number of phosphoric ester groups is 1. The van der Waals surface area contributed by atoms with Crippen LogP contribution < -0.4 is 16.4 Å². The van der Waals surface area contributed by atoms with Crippen LogP contribution in [0.5, 0.6) is 0 Å². The number of nitrogens with zero attached hydrogens (tertiary/aromatic N) is 7. The Morgan fingerprint density at radius 1 is 1.10 bits per heavy atom. The first-order valence-corrected chi connectivity index (χ1v) is 17.5. The van der Waals surface area contributed by atoms with Crippen molar-refractivity contribution in [2.45, 2.75) is 48.8 Å². The van der Waals surface area contributed by atoms with Crippen molar-refractivity contribution < 1.29 is 57.6 Å². The van der Waals surface area contributed by atoms with Crippen LogP contribution in [0.1, 0.15) is 19.1 Å². The molecular formula is C24H29F2N11O10P3-. The second-order valence-corrected chi connectivity index (χ2v) is 12.1. The van der Waals surface area contributed by atoms with Crippen LogP contribution in [0.3, 0.4) is 0 Å². The van der Waals surface area contributed by atoms with Crippen LogP contribution in [0, 0.1) is 42.0 Å². The Hall–Kier alpha value is -3.92. The van der Waals surface area contributed by atoms with Crippen LogP contribution >= 0.6 is 24.8 Å². The number of anilines is 2. The molecule has 2 saturated heterocycles. The Balaban J connectivity index is 0.000000204. The molecule has 0 bridgehead atoms. The first kappa shape index (κ1) is 40.5. The van der Waals surface area contributed by atoms with Gasteiger partial charge in [0.2, 0.25) is 0 Å². The normalized spacial score (nSPS) is 26.8. The van der Waals surface area contributed by atoms with Crippen molar-refractivity contribution in [1.29, 1.82) is 5.16 Å². The van der Waals surface area contributed by atoms with E-state index in [0.717, 1.165) is 0 Å². The number of aliphatic hydroxyl groups excluding tert-OH is 4. The molecule has 11 N–H and O–H groups in total. The fourth-order valence-electron chi connectivity index (χ4n) is 4.45. The van der Waals surface area contributed by atoms with Gasteiger partial charge in [-0.25, -0.2) is 9.97 Å². The topological polar surface area (TPSA) is 343 Å². The van der Waals surface area contributed by atoms with E-state index in [1.807, 2.05) is 5.92 Å². The van der Waals surface area contributed by atoms with E-state index in [2.05, 4.69) is 54.3 Å². The molecule has 2 aliphatic heterocycles. The fraction of sp³-hybridized carbons (Fsp3) is 0.417. The molecule has 2 fully saturated rings. The Bertz CT molecular complexity index is 1940. The summed E-state index contributed by atoms with van der Waals surface area (Å²) in [6.45, 7) is -1.22. The van der Waals surface area contributed by atoms with E-state index < -0.39 is 69.1 Å². The molecule has 0 amide bonds. The van der Waals surface area contributed by atoms with Gasteiger partial charge >= 0.3 is 12.2 Å². The van der Waals surface area contributed by atoms with Crippen LogP contribution in [0.25, 0.3) is 22.3 Å². The highest BCUT2D eigenvalue weighted by atomic mass is 32.0.